The highest BCUT2D eigenvalue weighted by molar-refractivity contribution is 7.92. The van der Waals surface area contributed by atoms with Crippen LogP contribution in [0.1, 0.15) is 12.5 Å². The standard InChI is InChI=1S/C10H11NO2S/c1-8-4-6-10(7-5-8)14(12,13)9(2)11-3/h4-7,9H,1-2H3/t9-/m1/s1. The van der Waals surface area contributed by atoms with Crippen LogP contribution in [0.2, 0.25) is 0 Å². The summed E-state index contributed by atoms with van der Waals surface area (Å²) in [6, 6.07) is 6.52. The number of aryl methyl sites for hydroxylation is 1. The number of hydrogen-bond donors (Lipinski definition) is 0. The first-order valence-corrected chi connectivity index (χ1v) is 5.70. The van der Waals surface area contributed by atoms with Crippen LogP contribution in [-0.4, -0.2) is 13.8 Å². The van der Waals surface area contributed by atoms with Crippen molar-refractivity contribution in [3.63, 3.8) is 0 Å². The van der Waals surface area contributed by atoms with Crippen molar-refractivity contribution in [2.45, 2.75) is 24.1 Å². The van der Waals surface area contributed by atoms with Gasteiger partial charge in [0.1, 0.15) is 0 Å². The molecule has 1 aromatic rings. The van der Waals surface area contributed by atoms with Crippen molar-refractivity contribution >= 4 is 9.84 Å². The quantitative estimate of drug-likeness (QED) is 0.699. The maximum Gasteiger partial charge on any atom is 0.322 e. The summed E-state index contributed by atoms with van der Waals surface area (Å²) in [5, 5.41) is -1.01. The van der Waals surface area contributed by atoms with Gasteiger partial charge in [0.25, 0.3) is 9.84 Å². The lowest BCUT2D eigenvalue weighted by molar-refractivity contribution is 0.591. The van der Waals surface area contributed by atoms with E-state index in [1.54, 1.807) is 12.1 Å². The molecule has 0 amide bonds. The normalized spacial score (nSPS) is 13.2. The molecule has 0 saturated heterocycles. The Morgan fingerprint density at radius 1 is 1.29 bits per heavy atom. The van der Waals surface area contributed by atoms with E-state index in [0.717, 1.165) is 5.56 Å². The minimum absolute atomic E-state index is 0.214. The molecule has 0 aromatic heterocycles. The molecule has 1 rings (SSSR count). The molecular formula is C10H11NO2S. The molecule has 0 N–H and O–H groups in total. The van der Waals surface area contributed by atoms with Crippen LogP contribution in [-0.2, 0) is 9.84 Å². The van der Waals surface area contributed by atoms with Crippen molar-refractivity contribution in [2.75, 3.05) is 0 Å². The maximum absolute atomic E-state index is 11.7. The number of hydrogen-bond acceptors (Lipinski definition) is 2. The van der Waals surface area contributed by atoms with Crippen molar-refractivity contribution in [3.8, 4) is 0 Å². The van der Waals surface area contributed by atoms with Crippen molar-refractivity contribution < 1.29 is 8.42 Å². The third-order valence-corrected chi connectivity index (χ3v) is 3.91. The van der Waals surface area contributed by atoms with E-state index >= 15 is 0 Å². The molecule has 1 atom stereocenters. The van der Waals surface area contributed by atoms with Crippen LogP contribution in [0.25, 0.3) is 4.85 Å². The molecule has 0 aliphatic heterocycles. The Morgan fingerprint density at radius 3 is 2.21 bits per heavy atom. The molecule has 0 heterocycles. The summed E-state index contributed by atoms with van der Waals surface area (Å²) < 4.78 is 23.3. The van der Waals surface area contributed by atoms with Gasteiger partial charge >= 0.3 is 5.37 Å². The minimum atomic E-state index is -3.46. The van der Waals surface area contributed by atoms with Gasteiger partial charge in [-0.3, -0.25) is 4.85 Å². The summed E-state index contributed by atoms with van der Waals surface area (Å²) in [7, 11) is -3.46. The molecule has 74 valence electrons. The largest absolute Gasteiger partial charge is 0.322 e. The first kappa shape index (κ1) is 10.7. The average Bonchev–Trinajstić information content (AvgIpc) is 2.17. The molecule has 0 fully saturated rings. The summed E-state index contributed by atoms with van der Waals surface area (Å²) in [5.74, 6) is 0. The Hall–Kier alpha value is -1.34. The van der Waals surface area contributed by atoms with Crippen LogP contribution in [0.15, 0.2) is 29.2 Å². The SMILES string of the molecule is [C-]#[N+][C@@H](C)S(=O)(=O)c1ccc(C)cc1. The van der Waals surface area contributed by atoms with E-state index in [-0.39, 0.29) is 4.90 Å². The molecule has 0 saturated carbocycles. The van der Waals surface area contributed by atoms with Gasteiger partial charge < -0.3 is 0 Å². The fraction of sp³-hybridized carbons (Fsp3) is 0.300. The summed E-state index contributed by atoms with van der Waals surface area (Å²) in [4.78, 5) is 3.24. The van der Waals surface area contributed by atoms with E-state index < -0.39 is 15.2 Å². The van der Waals surface area contributed by atoms with Crippen LogP contribution < -0.4 is 0 Å². The summed E-state index contributed by atoms with van der Waals surface area (Å²) >= 11 is 0. The van der Waals surface area contributed by atoms with Gasteiger partial charge in [0.2, 0.25) is 0 Å². The van der Waals surface area contributed by atoms with Crippen LogP contribution in [0.5, 0.6) is 0 Å². The van der Waals surface area contributed by atoms with E-state index in [0.29, 0.717) is 0 Å². The smallest absolute Gasteiger partial charge is 0.296 e. The van der Waals surface area contributed by atoms with Gasteiger partial charge in [-0.2, -0.15) is 0 Å². The van der Waals surface area contributed by atoms with Crippen LogP contribution >= 0.6 is 0 Å². The number of rotatable bonds is 2. The maximum atomic E-state index is 11.7. The molecule has 0 aliphatic rings. The molecule has 0 radical (unpaired) electrons. The van der Waals surface area contributed by atoms with E-state index in [1.807, 2.05) is 6.92 Å². The van der Waals surface area contributed by atoms with Gasteiger partial charge in [-0.15, -0.1) is 0 Å². The van der Waals surface area contributed by atoms with Gasteiger partial charge in [0, 0.05) is 6.92 Å². The minimum Gasteiger partial charge on any atom is -0.296 e. The molecule has 0 unspecified atom stereocenters. The zero-order chi connectivity index (χ0) is 10.8. The van der Waals surface area contributed by atoms with Gasteiger partial charge in [0.15, 0.2) is 0 Å². The number of benzene rings is 1. The van der Waals surface area contributed by atoms with Gasteiger partial charge in [-0.25, -0.2) is 15.0 Å². The Labute approximate surface area is 84.1 Å². The Balaban J connectivity index is 3.19. The molecule has 4 heteroatoms. The first-order chi connectivity index (χ1) is 6.48. The summed E-state index contributed by atoms with van der Waals surface area (Å²) in [5.41, 5.74) is 0.999. The molecule has 1 aromatic carbocycles. The lowest BCUT2D eigenvalue weighted by Crippen LogP contribution is -2.13. The van der Waals surface area contributed by atoms with Crippen molar-refractivity contribution in [1.82, 2.24) is 0 Å². The zero-order valence-corrected chi connectivity index (χ0v) is 8.88. The van der Waals surface area contributed by atoms with E-state index in [2.05, 4.69) is 4.85 Å². The second-order valence-electron chi connectivity index (χ2n) is 3.09. The van der Waals surface area contributed by atoms with Crippen molar-refractivity contribution in [2.24, 2.45) is 0 Å². The fourth-order valence-corrected chi connectivity index (χ4v) is 2.04. The zero-order valence-electron chi connectivity index (χ0n) is 8.06. The average molecular weight is 209 g/mol. The van der Waals surface area contributed by atoms with E-state index in [4.69, 9.17) is 6.57 Å². The van der Waals surface area contributed by atoms with Gasteiger partial charge in [-0.05, 0) is 19.1 Å². The van der Waals surface area contributed by atoms with Crippen LogP contribution in [0, 0.1) is 13.5 Å². The highest BCUT2D eigenvalue weighted by Gasteiger charge is 2.27. The summed E-state index contributed by atoms with van der Waals surface area (Å²) in [6.07, 6.45) is 0. The van der Waals surface area contributed by atoms with Crippen molar-refractivity contribution in [3.05, 3.63) is 41.2 Å². The second kappa shape index (κ2) is 3.81. The summed E-state index contributed by atoms with van der Waals surface area (Å²) in [6.45, 7) is 9.98. The monoisotopic (exact) mass is 209 g/mol. The Morgan fingerprint density at radius 2 is 1.79 bits per heavy atom. The van der Waals surface area contributed by atoms with Crippen molar-refractivity contribution in [1.29, 1.82) is 0 Å². The van der Waals surface area contributed by atoms with E-state index in [9.17, 15) is 8.42 Å². The highest BCUT2D eigenvalue weighted by atomic mass is 32.2. The number of sulfone groups is 1. The molecule has 0 spiro atoms. The third-order valence-electron chi connectivity index (χ3n) is 1.98. The number of nitrogens with zero attached hydrogens (tertiary/aromatic N) is 1. The Kier molecular flexibility index (Phi) is 2.92. The molecule has 0 bridgehead atoms. The van der Waals surface area contributed by atoms with Gasteiger partial charge in [0.05, 0.1) is 4.90 Å². The highest BCUT2D eigenvalue weighted by Crippen LogP contribution is 2.17. The predicted octanol–water partition coefficient (Wildman–Crippen LogP) is 2.03. The lowest BCUT2D eigenvalue weighted by Gasteiger charge is -2.02. The van der Waals surface area contributed by atoms with Gasteiger partial charge in [-0.1, -0.05) is 17.7 Å². The predicted molar refractivity (Wildman–Crippen MR) is 54.4 cm³/mol. The van der Waals surface area contributed by atoms with E-state index in [1.165, 1.54) is 19.1 Å². The first-order valence-electron chi connectivity index (χ1n) is 4.15. The lowest BCUT2D eigenvalue weighted by atomic mass is 10.2. The van der Waals surface area contributed by atoms with Crippen LogP contribution in [0.4, 0.5) is 0 Å². The Bertz CT molecular complexity index is 454. The fourth-order valence-electron chi connectivity index (χ4n) is 0.994. The molecular weight excluding hydrogens is 198 g/mol. The van der Waals surface area contributed by atoms with Crippen LogP contribution in [0.3, 0.4) is 0 Å². The second-order valence-corrected chi connectivity index (χ2v) is 5.33. The molecule has 14 heavy (non-hydrogen) atoms. The molecule has 3 nitrogen and oxygen atoms in total. The molecule has 0 aliphatic carbocycles. The third kappa shape index (κ3) is 1.94. The topological polar surface area (TPSA) is 38.5 Å².